The Balaban J connectivity index is 1.72. The molecular weight excluding hydrogens is 247 g/mol. The van der Waals surface area contributed by atoms with Crippen LogP contribution in [0.15, 0.2) is 29.2 Å². The number of hydrogen-bond acceptors (Lipinski definition) is 3. The fourth-order valence-corrected chi connectivity index (χ4v) is 3.29. The van der Waals surface area contributed by atoms with E-state index in [1.807, 2.05) is 12.1 Å². The van der Waals surface area contributed by atoms with Crippen LogP contribution in [0.1, 0.15) is 13.3 Å². The fourth-order valence-electron chi connectivity index (χ4n) is 2.34. The SMILES string of the molecule is CC(N)C1CCN(CCSc2ccccc2F)C1. The van der Waals surface area contributed by atoms with E-state index in [-0.39, 0.29) is 11.9 Å². The Hall–Kier alpha value is -0.580. The number of likely N-dealkylation sites (tertiary alicyclic amines) is 1. The minimum Gasteiger partial charge on any atom is -0.328 e. The van der Waals surface area contributed by atoms with Gasteiger partial charge < -0.3 is 10.6 Å². The normalized spacial score (nSPS) is 22.3. The van der Waals surface area contributed by atoms with Crippen LogP contribution >= 0.6 is 11.8 Å². The van der Waals surface area contributed by atoms with Crippen molar-refractivity contribution in [1.82, 2.24) is 4.90 Å². The highest BCUT2D eigenvalue weighted by molar-refractivity contribution is 7.99. The highest BCUT2D eigenvalue weighted by Crippen LogP contribution is 2.23. The van der Waals surface area contributed by atoms with Crippen LogP contribution in [0.5, 0.6) is 0 Å². The lowest BCUT2D eigenvalue weighted by Crippen LogP contribution is -2.30. The maximum Gasteiger partial charge on any atom is 0.136 e. The van der Waals surface area contributed by atoms with E-state index in [2.05, 4.69) is 11.8 Å². The third-order valence-corrected chi connectivity index (χ3v) is 4.58. The van der Waals surface area contributed by atoms with Crippen molar-refractivity contribution in [2.45, 2.75) is 24.3 Å². The molecule has 2 unspecified atom stereocenters. The van der Waals surface area contributed by atoms with Crippen LogP contribution in [0.4, 0.5) is 4.39 Å². The molecule has 1 aliphatic heterocycles. The molecule has 0 aromatic heterocycles. The van der Waals surface area contributed by atoms with Crippen LogP contribution in [0, 0.1) is 11.7 Å². The average Bonchev–Trinajstić information content (AvgIpc) is 2.80. The third-order valence-electron chi connectivity index (χ3n) is 3.55. The minimum absolute atomic E-state index is 0.114. The number of nitrogens with two attached hydrogens (primary N) is 1. The first-order chi connectivity index (χ1) is 8.66. The molecule has 1 aromatic rings. The van der Waals surface area contributed by atoms with Gasteiger partial charge in [0.1, 0.15) is 5.82 Å². The second-order valence-electron chi connectivity index (χ2n) is 4.99. The molecule has 0 bridgehead atoms. The summed E-state index contributed by atoms with van der Waals surface area (Å²) in [6, 6.07) is 7.26. The van der Waals surface area contributed by atoms with Crippen molar-refractivity contribution < 1.29 is 4.39 Å². The molecule has 4 heteroatoms. The van der Waals surface area contributed by atoms with Gasteiger partial charge in [-0.1, -0.05) is 12.1 Å². The number of hydrogen-bond donors (Lipinski definition) is 1. The number of benzene rings is 1. The van der Waals surface area contributed by atoms with Gasteiger partial charge in [0.2, 0.25) is 0 Å². The van der Waals surface area contributed by atoms with Crippen molar-refractivity contribution in [3.05, 3.63) is 30.1 Å². The van der Waals surface area contributed by atoms with Crippen LogP contribution in [0.3, 0.4) is 0 Å². The fraction of sp³-hybridized carbons (Fsp3) is 0.571. The zero-order valence-corrected chi connectivity index (χ0v) is 11.6. The van der Waals surface area contributed by atoms with Gasteiger partial charge in [0, 0.05) is 29.8 Å². The van der Waals surface area contributed by atoms with Crippen molar-refractivity contribution in [1.29, 1.82) is 0 Å². The van der Waals surface area contributed by atoms with Crippen LogP contribution in [-0.4, -0.2) is 36.3 Å². The van der Waals surface area contributed by atoms with E-state index >= 15 is 0 Å². The summed E-state index contributed by atoms with van der Waals surface area (Å²) in [4.78, 5) is 3.18. The number of halogens is 1. The van der Waals surface area contributed by atoms with E-state index in [0.717, 1.165) is 30.3 Å². The van der Waals surface area contributed by atoms with E-state index in [1.165, 1.54) is 12.5 Å². The van der Waals surface area contributed by atoms with E-state index in [1.54, 1.807) is 17.8 Å². The van der Waals surface area contributed by atoms with Gasteiger partial charge in [0.05, 0.1) is 0 Å². The second kappa shape index (κ2) is 6.55. The molecule has 0 radical (unpaired) electrons. The van der Waals surface area contributed by atoms with Gasteiger partial charge in [-0.25, -0.2) is 4.39 Å². The Kier molecular flexibility index (Phi) is 5.03. The lowest BCUT2D eigenvalue weighted by molar-refractivity contribution is 0.334. The van der Waals surface area contributed by atoms with Gasteiger partial charge in [-0.05, 0) is 37.9 Å². The van der Waals surface area contributed by atoms with Crippen LogP contribution in [0.25, 0.3) is 0 Å². The molecule has 1 aromatic carbocycles. The van der Waals surface area contributed by atoms with Gasteiger partial charge in [0.25, 0.3) is 0 Å². The standard InChI is InChI=1S/C14H21FN2S/c1-11(16)12-6-7-17(10-12)8-9-18-14-5-3-2-4-13(14)15/h2-5,11-12H,6-10,16H2,1H3. The summed E-state index contributed by atoms with van der Waals surface area (Å²) in [5, 5.41) is 0. The van der Waals surface area contributed by atoms with Crippen LogP contribution in [-0.2, 0) is 0 Å². The van der Waals surface area contributed by atoms with Crippen molar-refractivity contribution in [2.24, 2.45) is 11.7 Å². The molecular formula is C14H21FN2S. The maximum absolute atomic E-state index is 13.4. The maximum atomic E-state index is 13.4. The minimum atomic E-state index is -0.114. The van der Waals surface area contributed by atoms with Crippen LogP contribution < -0.4 is 5.73 Å². The molecule has 0 spiro atoms. The summed E-state index contributed by atoms with van der Waals surface area (Å²) in [6.07, 6.45) is 1.20. The zero-order chi connectivity index (χ0) is 13.0. The first-order valence-corrected chi connectivity index (χ1v) is 7.50. The van der Waals surface area contributed by atoms with E-state index < -0.39 is 0 Å². The lowest BCUT2D eigenvalue weighted by atomic mass is 10.0. The molecule has 18 heavy (non-hydrogen) atoms. The monoisotopic (exact) mass is 268 g/mol. The predicted octanol–water partition coefficient (Wildman–Crippen LogP) is 2.59. The Labute approximate surface area is 113 Å². The van der Waals surface area contributed by atoms with Gasteiger partial charge in [-0.2, -0.15) is 0 Å². The Morgan fingerprint density at radius 3 is 2.94 bits per heavy atom. The quantitative estimate of drug-likeness (QED) is 0.832. The van der Waals surface area contributed by atoms with Crippen molar-refractivity contribution in [3.63, 3.8) is 0 Å². The van der Waals surface area contributed by atoms with Crippen molar-refractivity contribution in [3.8, 4) is 0 Å². The molecule has 0 amide bonds. The first-order valence-electron chi connectivity index (χ1n) is 6.52. The summed E-state index contributed by atoms with van der Waals surface area (Å²) in [5.41, 5.74) is 5.92. The molecule has 1 aliphatic rings. The summed E-state index contributed by atoms with van der Waals surface area (Å²) in [5.74, 6) is 1.45. The molecule has 2 atom stereocenters. The van der Waals surface area contributed by atoms with E-state index in [9.17, 15) is 4.39 Å². The first kappa shape index (κ1) is 13.8. The molecule has 2 nitrogen and oxygen atoms in total. The highest BCUT2D eigenvalue weighted by Gasteiger charge is 2.24. The Morgan fingerprint density at radius 1 is 1.50 bits per heavy atom. The molecule has 1 saturated heterocycles. The summed E-state index contributed by atoms with van der Waals surface area (Å²) in [7, 11) is 0. The smallest absolute Gasteiger partial charge is 0.136 e. The molecule has 1 fully saturated rings. The largest absolute Gasteiger partial charge is 0.328 e. The lowest BCUT2D eigenvalue weighted by Gasteiger charge is -2.17. The zero-order valence-electron chi connectivity index (χ0n) is 10.8. The number of rotatable bonds is 5. The van der Waals surface area contributed by atoms with Gasteiger partial charge >= 0.3 is 0 Å². The van der Waals surface area contributed by atoms with E-state index in [0.29, 0.717) is 5.92 Å². The molecule has 2 N–H and O–H groups in total. The van der Waals surface area contributed by atoms with Gasteiger partial charge in [-0.3, -0.25) is 0 Å². The molecule has 0 saturated carbocycles. The van der Waals surface area contributed by atoms with Crippen molar-refractivity contribution >= 4 is 11.8 Å². The summed E-state index contributed by atoms with van der Waals surface area (Å²) in [6.45, 7) is 5.32. The van der Waals surface area contributed by atoms with Crippen LogP contribution in [0.2, 0.25) is 0 Å². The molecule has 1 heterocycles. The van der Waals surface area contributed by atoms with Gasteiger partial charge in [0.15, 0.2) is 0 Å². The average molecular weight is 268 g/mol. The van der Waals surface area contributed by atoms with E-state index in [4.69, 9.17) is 5.73 Å². The topological polar surface area (TPSA) is 29.3 Å². The second-order valence-corrected chi connectivity index (χ2v) is 6.12. The molecule has 2 rings (SSSR count). The summed E-state index contributed by atoms with van der Waals surface area (Å²) < 4.78 is 13.4. The number of thioether (sulfide) groups is 1. The Morgan fingerprint density at radius 2 is 2.28 bits per heavy atom. The molecule has 100 valence electrons. The Bertz CT molecular complexity index is 384. The van der Waals surface area contributed by atoms with Gasteiger partial charge in [-0.15, -0.1) is 11.8 Å². The third kappa shape index (κ3) is 3.70. The van der Waals surface area contributed by atoms with Crippen molar-refractivity contribution in [2.75, 3.05) is 25.4 Å². The predicted molar refractivity (Wildman–Crippen MR) is 75.3 cm³/mol. The summed E-state index contributed by atoms with van der Waals surface area (Å²) >= 11 is 1.60. The highest BCUT2D eigenvalue weighted by atomic mass is 32.2. The number of nitrogens with zero attached hydrogens (tertiary/aromatic N) is 1. The molecule has 0 aliphatic carbocycles.